The highest BCUT2D eigenvalue weighted by molar-refractivity contribution is 5.69. The van der Waals surface area contributed by atoms with Crippen LogP contribution in [0.15, 0.2) is 18.2 Å². The molecule has 1 aromatic carbocycles. The van der Waals surface area contributed by atoms with Crippen LogP contribution in [-0.2, 0) is 17.7 Å². The molecule has 1 unspecified atom stereocenters. The number of carbonyl (C=O) groups is 1. The smallest absolute Gasteiger partial charge is 0.410 e. The van der Waals surface area contributed by atoms with Crippen molar-refractivity contribution in [3.63, 3.8) is 0 Å². The summed E-state index contributed by atoms with van der Waals surface area (Å²) in [6.07, 6.45) is -1.57. The van der Waals surface area contributed by atoms with Gasteiger partial charge < -0.3 is 14.6 Å². The van der Waals surface area contributed by atoms with E-state index in [4.69, 9.17) is 9.47 Å². The number of hydrogen-bond donors (Lipinski definition) is 1. The van der Waals surface area contributed by atoms with Gasteiger partial charge in [0.25, 0.3) is 0 Å². The van der Waals surface area contributed by atoms with E-state index < -0.39 is 35.3 Å². The molecule has 138 valence electrons. The van der Waals surface area contributed by atoms with Crippen LogP contribution in [0, 0.1) is 10.1 Å². The van der Waals surface area contributed by atoms with E-state index in [1.165, 1.54) is 4.90 Å². The summed E-state index contributed by atoms with van der Waals surface area (Å²) in [6.45, 7) is 4.80. The zero-order valence-electron chi connectivity index (χ0n) is 14.9. The van der Waals surface area contributed by atoms with Crippen LogP contribution >= 0.6 is 0 Å². The van der Waals surface area contributed by atoms with Crippen LogP contribution in [0.2, 0.25) is 0 Å². The van der Waals surface area contributed by atoms with Gasteiger partial charge in [-0.25, -0.2) is 4.79 Å². The van der Waals surface area contributed by atoms with Crippen molar-refractivity contribution in [2.75, 3.05) is 13.7 Å². The van der Waals surface area contributed by atoms with Crippen LogP contribution in [0.4, 0.5) is 4.79 Å². The monoisotopic (exact) mass is 352 g/mol. The van der Waals surface area contributed by atoms with Crippen LogP contribution in [0.25, 0.3) is 0 Å². The van der Waals surface area contributed by atoms with Crippen LogP contribution in [0.3, 0.4) is 0 Å². The van der Waals surface area contributed by atoms with Crippen LogP contribution in [-0.4, -0.2) is 52.4 Å². The van der Waals surface area contributed by atoms with E-state index >= 15 is 0 Å². The molecule has 1 N–H and O–H groups in total. The fourth-order valence-electron chi connectivity index (χ4n) is 2.85. The predicted molar refractivity (Wildman–Crippen MR) is 90.1 cm³/mol. The largest absolute Gasteiger partial charge is 0.497 e. The second-order valence-corrected chi connectivity index (χ2v) is 7.10. The fourth-order valence-corrected chi connectivity index (χ4v) is 2.85. The van der Waals surface area contributed by atoms with Gasteiger partial charge in [0.05, 0.1) is 13.2 Å². The minimum absolute atomic E-state index is 0.195. The summed E-state index contributed by atoms with van der Waals surface area (Å²) in [6, 6.07) is 4.75. The Kier molecular flexibility index (Phi) is 5.52. The number of amides is 1. The maximum absolute atomic E-state index is 12.6. The Morgan fingerprint density at radius 3 is 2.68 bits per heavy atom. The molecule has 0 aromatic heterocycles. The van der Waals surface area contributed by atoms with Crippen molar-refractivity contribution in [3.8, 4) is 5.75 Å². The van der Waals surface area contributed by atoms with E-state index in [9.17, 15) is 20.0 Å². The Labute approximate surface area is 146 Å². The van der Waals surface area contributed by atoms with Gasteiger partial charge in [-0.3, -0.25) is 15.0 Å². The summed E-state index contributed by atoms with van der Waals surface area (Å²) < 4.78 is 10.6. The molecular weight excluding hydrogens is 328 g/mol. The quantitative estimate of drug-likeness (QED) is 0.657. The normalized spacial score (nSPS) is 18.3. The Bertz CT molecular complexity index is 655. The molecule has 0 saturated carbocycles. The third-order valence-electron chi connectivity index (χ3n) is 3.99. The van der Waals surface area contributed by atoms with Crippen molar-refractivity contribution >= 4 is 6.09 Å². The molecule has 8 heteroatoms. The van der Waals surface area contributed by atoms with Gasteiger partial charge in [0.15, 0.2) is 0 Å². The van der Waals surface area contributed by atoms with Crippen LogP contribution < -0.4 is 4.74 Å². The van der Waals surface area contributed by atoms with Gasteiger partial charge in [0.1, 0.15) is 17.5 Å². The first kappa shape index (κ1) is 19.0. The molecule has 1 aromatic rings. The van der Waals surface area contributed by atoms with Gasteiger partial charge in [-0.15, -0.1) is 0 Å². The number of rotatable bonds is 4. The van der Waals surface area contributed by atoms with E-state index in [0.717, 1.165) is 11.1 Å². The highest BCUT2D eigenvalue weighted by atomic mass is 16.6. The maximum atomic E-state index is 12.6. The summed E-state index contributed by atoms with van der Waals surface area (Å²) >= 11 is 0. The average molecular weight is 352 g/mol. The number of nitro groups is 1. The highest BCUT2D eigenvalue weighted by Gasteiger charge is 2.38. The number of carbonyl (C=O) groups excluding carboxylic acids is 1. The lowest BCUT2D eigenvalue weighted by molar-refractivity contribution is -0.491. The lowest BCUT2D eigenvalue weighted by Gasteiger charge is -2.39. The molecule has 0 bridgehead atoms. The SMILES string of the molecule is COc1ccc2c(c1)CN(C(=O)OC(C)(C)C)C([C@H](O)C[N+](=O)[O-])C2. The third kappa shape index (κ3) is 4.82. The standard InChI is InChI=1S/C17H24N2O6/c1-17(2,3)25-16(21)18-9-12-7-13(24-4)6-5-11(12)8-14(18)15(20)10-19(22)23/h5-7,14-15,20H,8-10H2,1-4H3/t14?,15-/m1/s1. The summed E-state index contributed by atoms with van der Waals surface area (Å²) in [5.74, 6) is 0.659. The molecular formula is C17H24N2O6. The Balaban J connectivity index is 2.32. The molecule has 2 rings (SSSR count). The number of fused-ring (bicyclic) bond motifs is 1. The van der Waals surface area contributed by atoms with E-state index in [-0.39, 0.29) is 6.54 Å². The molecule has 25 heavy (non-hydrogen) atoms. The van der Waals surface area contributed by atoms with Crippen LogP contribution in [0.5, 0.6) is 5.75 Å². The number of hydrogen-bond acceptors (Lipinski definition) is 6. The first-order chi connectivity index (χ1) is 11.6. The molecule has 2 atom stereocenters. The number of ether oxygens (including phenoxy) is 2. The molecule has 0 aliphatic carbocycles. The number of benzene rings is 1. The molecule has 1 amide bonds. The van der Waals surface area contributed by atoms with Crippen molar-refractivity contribution in [1.29, 1.82) is 0 Å². The van der Waals surface area contributed by atoms with Gasteiger partial charge in [-0.2, -0.15) is 0 Å². The molecule has 0 saturated heterocycles. The van der Waals surface area contributed by atoms with Crippen molar-refractivity contribution in [2.45, 2.75) is 51.5 Å². The molecule has 8 nitrogen and oxygen atoms in total. The maximum Gasteiger partial charge on any atom is 0.410 e. The number of aliphatic hydroxyl groups is 1. The van der Waals surface area contributed by atoms with E-state index in [2.05, 4.69) is 0 Å². The van der Waals surface area contributed by atoms with Crippen LogP contribution in [0.1, 0.15) is 31.9 Å². The van der Waals surface area contributed by atoms with Gasteiger partial charge in [-0.1, -0.05) is 6.07 Å². The van der Waals surface area contributed by atoms with E-state index in [0.29, 0.717) is 12.2 Å². The van der Waals surface area contributed by atoms with Gasteiger partial charge >= 0.3 is 6.09 Å². The minimum atomic E-state index is -1.28. The minimum Gasteiger partial charge on any atom is -0.497 e. The van der Waals surface area contributed by atoms with Crippen molar-refractivity contribution in [1.82, 2.24) is 4.90 Å². The van der Waals surface area contributed by atoms with E-state index in [1.54, 1.807) is 33.9 Å². The molecule has 1 heterocycles. The number of methoxy groups -OCH3 is 1. The van der Waals surface area contributed by atoms with Crippen molar-refractivity contribution in [3.05, 3.63) is 39.4 Å². The molecule has 1 aliphatic heterocycles. The van der Waals surface area contributed by atoms with Gasteiger partial charge in [0, 0.05) is 11.5 Å². The van der Waals surface area contributed by atoms with Crippen molar-refractivity contribution < 1.29 is 24.3 Å². The Hall–Kier alpha value is -2.35. The molecule has 0 fully saturated rings. The lowest BCUT2D eigenvalue weighted by Crippen LogP contribution is -2.53. The second-order valence-electron chi connectivity index (χ2n) is 7.10. The predicted octanol–water partition coefficient (Wildman–Crippen LogP) is 1.99. The fraction of sp³-hybridized carbons (Fsp3) is 0.588. The summed E-state index contributed by atoms with van der Waals surface area (Å²) in [4.78, 5) is 24.1. The summed E-state index contributed by atoms with van der Waals surface area (Å²) in [5, 5.41) is 21.1. The zero-order valence-corrected chi connectivity index (χ0v) is 14.9. The zero-order chi connectivity index (χ0) is 18.8. The molecule has 1 aliphatic rings. The first-order valence-corrected chi connectivity index (χ1v) is 8.06. The number of aliphatic hydroxyl groups excluding tert-OH is 1. The number of nitrogens with zero attached hydrogens (tertiary/aromatic N) is 2. The topological polar surface area (TPSA) is 102 Å². The van der Waals surface area contributed by atoms with Gasteiger partial charge in [-0.05, 0) is 50.5 Å². The third-order valence-corrected chi connectivity index (χ3v) is 3.99. The Morgan fingerprint density at radius 2 is 2.12 bits per heavy atom. The summed E-state index contributed by atoms with van der Waals surface area (Å²) in [7, 11) is 1.56. The molecule has 0 radical (unpaired) electrons. The van der Waals surface area contributed by atoms with Crippen molar-refractivity contribution in [2.24, 2.45) is 0 Å². The van der Waals surface area contributed by atoms with Gasteiger partial charge in [0.2, 0.25) is 6.54 Å². The molecule has 0 spiro atoms. The highest BCUT2D eigenvalue weighted by Crippen LogP contribution is 2.29. The summed E-state index contributed by atoms with van der Waals surface area (Å²) in [5.41, 5.74) is 1.09. The lowest BCUT2D eigenvalue weighted by atomic mass is 9.91. The Morgan fingerprint density at radius 1 is 1.44 bits per heavy atom. The second kappa shape index (κ2) is 7.26. The average Bonchev–Trinajstić information content (AvgIpc) is 2.50. The van der Waals surface area contributed by atoms with E-state index in [1.807, 2.05) is 12.1 Å². The first-order valence-electron chi connectivity index (χ1n) is 8.06.